The van der Waals surface area contributed by atoms with E-state index < -0.39 is 9.84 Å². The molecule has 4 heteroatoms. The van der Waals surface area contributed by atoms with Gasteiger partial charge in [-0.25, -0.2) is 8.42 Å². The first kappa shape index (κ1) is 11.6. The zero-order chi connectivity index (χ0) is 10.6. The molecule has 1 aliphatic rings. The number of hydrogen-bond acceptors (Lipinski definition) is 3. The summed E-state index contributed by atoms with van der Waals surface area (Å²) in [4.78, 5) is 0.514. The van der Waals surface area contributed by atoms with Crippen molar-refractivity contribution < 1.29 is 8.42 Å². The Kier molecular flexibility index (Phi) is 4.01. The lowest BCUT2D eigenvalue weighted by atomic mass is 10.3. The van der Waals surface area contributed by atoms with Crippen molar-refractivity contribution in [1.82, 2.24) is 0 Å². The van der Waals surface area contributed by atoms with Gasteiger partial charge in [-0.15, -0.1) is 11.8 Å². The molecular formula is C10H14O2S2. The second kappa shape index (κ2) is 4.84. The summed E-state index contributed by atoms with van der Waals surface area (Å²) in [5.41, 5.74) is 1.08. The Hall–Kier alpha value is -0.480. The van der Waals surface area contributed by atoms with Crippen molar-refractivity contribution in [1.29, 1.82) is 0 Å². The van der Waals surface area contributed by atoms with Crippen LogP contribution >= 0.6 is 11.8 Å². The van der Waals surface area contributed by atoms with Gasteiger partial charge in [-0.1, -0.05) is 23.8 Å². The number of hydrogen-bond donors (Lipinski definition) is 0. The van der Waals surface area contributed by atoms with Crippen LogP contribution in [0, 0.1) is 0 Å². The second-order valence-electron chi connectivity index (χ2n) is 3.17. The Morgan fingerprint density at radius 2 is 2.14 bits per heavy atom. The number of thioether (sulfide) groups is 1. The van der Waals surface area contributed by atoms with Gasteiger partial charge in [0.1, 0.15) is 0 Å². The highest BCUT2D eigenvalue weighted by atomic mass is 32.3. The van der Waals surface area contributed by atoms with Crippen LogP contribution < -0.4 is 0 Å². The lowest BCUT2D eigenvalue weighted by Crippen LogP contribution is -2.05. The average Bonchev–Trinajstić information content (AvgIpc) is 2.30. The molecule has 1 rings (SSSR count). The molecule has 0 unspecified atom stereocenters. The van der Waals surface area contributed by atoms with Gasteiger partial charge >= 0.3 is 0 Å². The smallest absolute Gasteiger partial charge is 0.184 e. The minimum atomic E-state index is -3.05. The van der Waals surface area contributed by atoms with E-state index in [1.54, 1.807) is 12.3 Å². The lowest BCUT2D eigenvalue weighted by molar-refractivity contribution is 0.606. The van der Waals surface area contributed by atoms with Crippen LogP contribution in [-0.4, -0.2) is 19.8 Å². The van der Waals surface area contributed by atoms with Crippen molar-refractivity contribution in [2.75, 3.05) is 11.3 Å². The predicted molar refractivity (Wildman–Crippen MR) is 62.9 cm³/mol. The number of sulfone groups is 1. The van der Waals surface area contributed by atoms with Crippen LogP contribution in [0.15, 0.2) is 34.8 Å². The van der Waals surface area contributed by atoms with E-state index in [4.69, 9.17) is 0 Å². The van der Waals surface area contributed by atoms with Crippen LogP contribution in [0.3, 0.4) is 0 Å². The molecule has 0 atom stereocenters. The van der Waals surface area contributed by atoms with Crippen molar-refractivity contribution in [3.8, 4) is 0 Å². The Morgan fingerprint density at radius 3 is 2.79 bits per heavy atom. The highest BCUT2D eigenvalue weighted by Crippen LogP contribution is 2.19. The van der Waals surface area contributed by atoms with Crippen molar-refractivity contribution in [3.63, 3.8) is 0 Å². The fourth-order valence-electron chi connectivity index (χ4n) is 1.17. The monoisotopic (exact) mass is 230 g/mol. The maximum Gasteiger partial charge on any atom is 0.184 e. The SMILES string of the molecule is CSCS(=O)(=O)C1=CC=C(C)C=CC1. The summed E-state index contributed by atoms with van der Waals surface area (Å²) < 4.78 is 23.4. The minimum Gasteiger partial charge on any atom is -0.223 e. The zero-order valence-electron chi connectivity index (χ0n) is 8.36. The van der Waals surface area contributed by atoms with E-state index in [0.29, 0.717) is 11.3 Å². The van der Waals surface area contributed by atoms with E-state index in [0.717, 1.165) is 5.57 Å². The largest absolute Gasteiger partial charge is 0.223 e. The van der Waals surface area contributed by atoms with Gasteiger partial charge in [0, 0.05) is 11.3 Å². The molecule has 2 nitrogen and oxygen atoms in total. The van der Waals surface area contributed by atoms with Crippen molar-refractivity contribution in [3.05, 3.63) is 34.8 Å². The van der Waals surface area contributed by atoms with E-state index in [-0.39, 0.29) is 5.08 Å². The highest BCUT2D eigenvalue weighted by molar-refractivity contribution is 8.13. The maximum absolute atomic E-state index is 11.7. The molecule has 0 bridgehead atoms. The first-order valence-corrected chi connectivity index (χ1v) is 7.36. The summed E-state index contributed by atoms with van der Waals surface area (Å²) in [5.74, 6) is 0. The molecule has 0 aromatic rings. The third-order valence-electron chi connectivity index (χ3n) is 1.90. The maximum atomic E-state index is 11.7. The molecule has 0 saturated carbocycles. The van der Waals surface area contributed by atoms with Gasteiger partial charge in [-0.3, -0.25) is 0 Å². The van der Waals surface area contributed by atoms with Crippen LogP contribution in [0.2, 0.25) is 0 Å². The third kappa shape index (κ3) is 3.03. The zero-order valence-corrected chi connectivity index (χ0v) is 9.99. The predicted octanol–water partition coefficient (Wildman–Crippen LogP) is 2.51. The van der Waals surface area contributed by atoms with Crippen LogP contribution in [0.5, 0.6) is 0 Å². The van der Waals surface area contributed by atoms with E-state index in [2.05, 4.69) is 0 Å². The standard InChI is InChI=1S/C10H14O2S2/c1-9-4-3-5-10(7-6-9)14(11,12)8-13-2/h3-4,6-7H,5,8H2,1-2H3. The molecule has 0 saturated heterocycles. The first-order chi connectivity index (χ1) is 6.56. The molecule has 0 fully saturated rings. The summed E-state index contributed by atoms with van der Waals surface area (Å²) in [5, 5.41) is 0.166. The Bertz CT molecular complexity index is 386. The molecule has 14 heavy (non-hydrogen) atoms. The van der Waals surface area contributed by atoms with E-state index in [9.17, 15) is 8.42 Å². The lowest BCUT2D eigenvalue weighted by Gasteiger charge is -2.03. The van der Waals surface area contributed by atoms with Crippen molar-refractivity contribution in [2.45, 2.75) is 13.3 Å². The van der Waals surface area contributed by atoms with Crippen LogP contribution in [0.4, 0.5) is 0 Å². The molecule has 0 aromatic heterocycles. The van der Waals surface area contributed by atoms with Gasteiger partial charge in [0.15, 0.2) is 9.84 Å². The van der Waals surface area contributed by atoms with Gasteiger partial charge in [-0.05, 0) is 19.3 Å². The number of allylic oxidation sites excluding steroid dienone is 6. The van der Waals surface area contributed by atoms with Gasteiger partial charge in [0.25, 0.3) is 0 Å². The molecule has 0 aliphatic heterocycles. The Balaban J connectivity index is 2.95. The van der Waals surface area contributed by atoms with Gasteiger partial charge < -0.3 is 0 Å². The summed E-state index contributed by atoms with van der Waals surface area (Å²) in [6.07, 6.45) is 9.70. The van der Waals surface area contributed by atoms with Crippen molar-refractivity contribution >= 4 is 21.6 Å². The third-order valence-corrected chi connectivity index (χ3v) is 5.19. The van der Waals surface area contributed by atoms with E-state index in [1.807, 2.05) is 25.2 Å². The molecule has 78 valence electrons. The van der Waals surface area contributed by atoms with Gasteiger partial charge in [0.2, 0.25) is 0 Å². The molecule has 0 N–H and O–H groups in total. The fraction of sp³-hybridized carbons (Fsp3) is 0.400. The average molecular weight is 230 g/mol. The molecule has 0 spiro atoms. The van der Waals surface area contributed by atoms with Gasteiger partial charge in [-0.2, -0.15) is 0 Å². The molecular weight excluding hydrogens is 216 g/mol. The molecule has 0 heterocycles. The Labute approximate surface area is 89.7 Å². The molecule has 0 aromatic carbocycles. The van der Waals surface area contributed by atoms with Crippen LogP contribution in [0.25, 0.3) is 0 Å². The Morgan fingerprint density at radius 1 is 1.43 bits per heavy atom. The van der Waals surface area contributed by atoms with E-state index in [1.165, 1.54) is 11.8 Å². The summed E-state index contributed by atoms with van der Waals surface area (Å²) in [6.45, 7) is 1.96. The summed E-state index contributed by atoms with van der Waals surface area (Å²) in [7, 11) is -3.05. The molecule has 1 aliphatic carbocycles. The summed E-state index contributed by atoms with van der Waals surface area (Å²) >= 11 is 1.34. The fourth-order valence-corrected chi connectivity index (χ4v) is 3.64. The van der Waals surface area contributed by atoms with Crippen molar-refractivity contribution in [2.24, 2.45) is 0 Å². The topological polar surface area (TPSA) is 34.1 Å². The van der Waals surface area contributed by atoms with Crippen LogP contribution in [-0.2, 0) is 9.84 Å². The second-order valence-corrected chi connectivity index (χ2v) is 6.45. The molecule has 0 radical (unpaired) electrons. The normalized spacial score (nSPS) is 17.3. The quantitative estimate of drug-likeness (QED) is 0.747. The summed E-state index contributed by atoms with van der Waals surface area (Å²) in [6, 6.07) is 0. The van der Waals surface area contributed by atoms with Crippen LogP contribution in [0.1, 0.15) is 13.3 Å². The minimum absolute atomic E-state index is 0.166. The number of rotatable bonds is 3. The highest BCUT2D eigenvalue weighted by Gasteiger charge is 2.15. The molecule has 0 amide bonds. The van der Waals surface area contributed by atoms with Gasteiger partial charge in [0.05, 0.1) is 5.08 Å². The first-order valence-electron chi connectivity index (χ1n) is 4.32. The van der Waals surface area contributed by atoms with E-state index >= 15 is 0 Å².